The fourth-order valence-electron chi connectivity index (χ4n) is 4.87. The fraction of sp³-hybridized carbons (Fsp3) is 0.280. The minimum atomic E-state index is -0.223. The summed E-state index contributed by atoms with van der Waals surface area (Å²) < 4.78 is 18.6. The van der Waals surface area contributed by atoms with E-state index in [9.17, 15) is 4.39 Å². The summed E-state index contributed by atoms with van der Waals surface area (Å²) in [6.07, 6.45) is 3.45. The lowest BCUT2D eigenvalue weighted by atomic mass is 10.1. The monoisotopic (exact) mass is 534 g/mol. The van der Waals surface area contributed by atoms with Crippen LogP contribution in [0, 0.1) is 5.82 Å². The van der Waals surface area contributed by atoms with Crippen LogP contribution in [0.2, 0.25) is 0 Å². The Labute approximate surface area is 209 Å². The van der Waals surface area contributed by atoms with Crippen molar-refractivity contribution < 1.29 is 4.39 Å². The second-order valence-corrected chi connectivity index (χ2v) is 9.61. The first-order chi connectivity index (χ1) is 17.1. The molecule has 1 aliphatic heterocycles. The molecule has 3 aromatic heterocycles. The molecule has 10 heteroatoms. The predicted molar refractivity (Wildman–Crippen MR) is 138 cm³/mol. The molecule has 0 saturated carbocycles. The smallest absolute Gasteiger partial charge is 0.206 e. The number of aryl methyl sites for hydroxylation is 1. The molecular formula is C25H24BrFN8. The summed E-state index contributed by atoms with van der Waals surface area (Å²) in [5.41, 5.74) is 4.61. The number of hydrogen-bond donors (Lipinski definition) is 1. The number of anilines is 2. The maximum atomic E-state index is 13.9. The number of halogens is 2. The number of benzene rings is 2. The number of fused-ring (bicyclic) bond motifs is 2. The topological polar surface area (TPSA) is 76.7 Å². The SMILES string of the molecule is Cn1nc(Br)c2ncnc(NC3CCN(c4nc5ccccc5n4Cc4cccc(F)c4)CC3)c21. The first-order valence-corrected chi connectivity index (χ1v) is 12.4. The van der Waals surface area contributed by atoms with Crippen LogP contribution in [0.3, 0.4) is 0 Å². The molecule has 8 nitrogen and oxygen atoms in total. The quantitative estimate of drug-likeness (QED) is 0.350. The van der Waals surface area contributed by atoms with Crippen molar-refractivity contribution in [3.8, 4) is 0 Å². The molecule has 1 fully saturated rings. The molecule has 0 aliphatic carbocycles. The van der Waals surface area contributed by atoms with Gasteiger partial charge in [0.1, 0.15) is 23.2 Å². The standard InChI is InChI=1S/C25H24BrFN8/c1-33-22-21(23(26)32-33)28-15-29-24(22)30-18-9-11-34(12-10-18)25-31-19-7-2-3-8-20(19)35(25)14-16-5-4-6-17(27)13-16/h2-8,13,15,18H,9-12,14H2,1H3,(H,28,29,30). The van der Waals surface area contributed by atoms with E-state index >= 15 is 0 Å². The second kappa shape index (κ2) is 8.92. The summed E-state index contributed by atoms with van der Waals surface area (Å²) in [6.45, 7) is 2.28. The maximum Gasteiger partial charge on any atom is 0.206 e. The van der Waals surface area contributed by atoms with E-state index in [1.165, 1.54) is 6.07 Å². The van der Waals surface area contributed by atoms with Gasteiger partial charge in [-0.05, 0) is 58.6 Å². The predicted octanol–water partition coefficient (Wildman–Crippen LogP) is 4.74. The van der Waals surface area contributed by atoms with Crippen molar-refractivity contribution in [1.29, 1.82) is 0 Å². The van der Waals surface area contributed by atoms with Gasteiger partial charge < -0.3 is 14.8 Å². The van der Waals surface area contributed by atoms with E-state index in [-0.39, 0.29) is 11.9 Å². The fourth-order valence-corrected chi connectivity index (χ4v) is 5.39. The highest BCUT2D eigenvalue weighted by atomic mass is 79.9. The van der Waals surface area contributed by atoms with Crippen molar-refractivity contribution >= 4 is 49.8 Å². The molecule has 6 rings (SSSR count). The van der Waals surface area contributed by atoms with Gasteiger partial charge in [-0.3, -0.25) is 4.68 Å². The van der Waals surface area contributed by atoms with Gasteiger partial charge in [-0.2, -0.15) is 5.10 Å². The number of rotatable bonds is 5. The molecule has 178 valence electrons. The Balaban J connectivity index is 1.24. The summed E-state index contributed by atoms with van der Waals surface area (Å²) in [5, 5.41) is 8.02. The molecule has 2 aromatic carbocycles. The van der Waals surface area contributed by atoms with Crippen LogP contribution in [0.25, 0.3) is 22.1 Å². The van der Waals surface area contributed by atoms with Crippen molar-refractivity contribution in [2.45, 2.75) is 25.4 Å². The van der Waals surface area contributed by atoms with Crippen molar-refractivity contribution in [2.75, 3.05) is 23.3 Å². The summed E-state index contributed by atoms with van der Waals surface area (Å²) in [6, 6.07) is 15.2. The highest BCUT2D eigenvalue weighted by molar-refractivity contribution is 9.10. The molecular weight excluding hydrogens is 511 g/mol. The van der Waals surface area contributed by atoms with E-state index in [1.54, 1.807) is 23.1 Å². The van der Waals surface area contributed by atoms with Gasteiger partial charge in [0.25, 0.3) is 0 Å². The lowest BCUT2D eigenvalue weighted by molar-refractivity contribution is 0.514. The maximum absolute atomic E-state index is 13.9. The minimum absolute atomic E-state index is 0.223. The summed E-state index contributed by atoms with van der Waals surface area (Å²) >= 11 is 3.47. The average Bonchev–Trinajstić information content (AvgIpc) is 3.37. The number of nitrogens with one attached hydrogen (secondary N) is 1. The first kappa shape index (κ1) is 22.0. The van der Waals surface area contributed by atoms with Crippen molar-refractivity contribution in [3.63, 3.8) is 0 Å². The van der Waals surface area contributed by atoms with Crippen molar-refractivity contribution in [1.82, 2.24) is 29.3 Å². The normalized spacial score (nSPS) is 14.8. The lowest BCUT2D eigenvalue weighted by Crippen LogP contribution is -2.40. The zero-order valence-electron chi connectivity index (χ0n) is 19.2. The minimum Gasteiger partial charge on any atom is -0.365 e. The van der Waals surface area contributed by atoms with Gasteiger partial charge in [0.2, 0.25) is 5.95 Å². The molecule has 0 unspecified atom stereocenters. The Morgan fingerprint density at radius 2 is 1.91 bits per heavy atom. The molecule has 0 radical (unpaired) electrons. The first-order valence-electron chi connectivity index (χ1n) is 11.6. The van der Waals surface area contributed by atoms with Crippen molar-refractivity contribution in [3.05, 3.63) is 70.8 Å². The molecule has 1 aliphatic rings. The van der Waals surface area contributed by atoms with Crippen LogP contribution < -0.4 is 10.2 Å². The highest BCUT2D eigenvalue weighted by Gasteiger charge is 2.25. The van der Waals surface area contributed by atoms with E-state index in [0.717, 1.165) is 65.3 Å². The third-order valence-electron chi connectivity index (χ3n) is 6.56. The highest BCUT2D eigenvalue weighted by Crippen LogP contribution is 2.29. The Morgan fingerprint density at radius 3 is 2.74 bits per heavy atom. The Bertz CT molecular complexity index is 1520. The van der Waals surface area contributed by atoms with Crippen LogP contribution >= 0.6 is 15.9 Å². The Kier molecular flexibility index (Phi) is 5.60. The summed E-state index contributed by atoms with van der Waals surface area (Å²) in [7, 11) is 1.90. The van der Waals surface area contributed by atoms with Gasteiger partial charge in [0.15, 0.2) is 10.4 Å². The van der Waals surface area contributed by atoms with E-state index in [4.69, 9.17) is 4.98 Å². The van der Waals surface area contributed by atoms with Gasteiger partial charge in [-0.25, -0.2) is 19.3 Å². The van der Waals surface area contributed by atoms with Crippen LogP contribution in [0.15, 0.2) is 59.5 Å². The van der Waals surface area contributed by atoms with E-state index in [2.05, 4.69) is 51.8 Å². The van der Waals surface area contributed by atoms with Gasteiger partial charge in [-0.1, -0.05) is 24.3 Å². The number of para-hydroxylation sites is 2. The molecule has 35 heavy (non-hydrogen) atoms. The van der Waals surface area contributed by atoms with Crippen LogP contribution in [0.5, 0.6) is 0 Å². The van der Waals surface area contributed by atoms with Crippen LogP contribution in [0.4, 0.5) is 16.2 Å². The van der Waals surface area contributed by atoms with Crippen LogP contribution in [0.1, 0.15) is 18.4 Å². The lowest BCUT2D eigenvalue weighted by Gasteiger charge is -2.33. The molecule has 0 atom stereocenters. The molecule has 4 heterocycles. The summed E-state index contributed by atoms with van der Waals surface area (Å²) in [5.74, 6) is 1.50. The molecule has 5 aromatic rings. The molecule has 1 N–H and O–H groups in total. The Hall–Kier alpha value is -3.53. The number of hydrogen-bond acceptors (Lipinski definition) is 6. The zero-order chi connectivity index (χ0) is 23.9. The molecule has 0 bridgehead atoms. The van der Waals surface area contributed by atoms with Gasteiger partial charge in [0.05, 0.1) is 17.6 Å². The van der Waals surface area contributed by atoms with E-state index in [1.807, 2.05) is 31.3 Å². The van der Waals surface area contributed by atoms with Gasteiger partial charge in [-0.15, -0.1) is 0 Å². The molecule has 0 amide bonds. The molecule has 1 saturated heterocycles. The zero-order valence-corrected chi connectivity index (χ0v) is 20.8. The number of piperidine rings is 1. The van der Waals surface area contributed by atoms with Crippen molar-refractivity contribution in [2.24, 2.45) is 7.05 Å². The third kappa shape index (κ3) is 4.12. The van der Waals surface area contributed by atoms with Gasteiger partial charge >= 0.3 is 0 Å². The van der Waals surface area contributed by atoms with E-state index < -0.39 is 0 Å². The summed E-state index contributed by atoms with van der Waals surface area (Å²) in [4.78, 5) is 16.1. The average molecular weight is 535 g/mol. The Morgan fingerprint density at radius 1 is 1.09 bits per heavy atom. The second-order valence-electron chi connectivity index (χ2n) is 8.86. The van der Waals surface area contributed by atoms with E-state index in [0.29, 0.717) is 11.1 Å². The van der Waals surface area contributed by atoms with Crippen LogP contribution in [-0.2, 0) is 13.6 Å². The number of nitrogens with zero attached hydrogens (tertiary/aromatic N) is 7. The van der Waals surface area contributed by atoms with Crippen LogP contribution in [-0.4, -0.2) is 48.4 Å². The third-order valence-corrected chi connectivity index (χ3v) is 7.10. The molecule has 0 spiro atoms. The van der Waals surface area contributed by atoms with Gasteiger partial charge in [0, 0.05) is 26.2 Å². The largest absolute Gasteiger partial charge is 0.365 e. The number of imidazole rings is 1. The number of aromatic nitrogens is 6.